The van der Waals surface area contributed by atoms with Crippen molar-refractivity contribution in [1.29, 1.82) is 0 Å². The van der Waals surface area contributed by atoms with Gasteiger partial charge in [0.2, 0.25) is 17.8 Å². The molecule has 1 aliphatic heterocycles. The van der Waals surface area contributed by atoms with E-state index < -0.39 is 0 Å². The fourth-order valence-electron chi connectivity index (χ4n) is 3.66. The lowest BCUT2D eigenvalue weighted by atomic mass is 9.86. The molecule has 8 nitrogen and oxygen atoms in total. The number of nitrogens with zero attached hydrogens (tertiary/aromatic N) is 5. The van der Waals surface area contributed by atoms with Crippen LogP contribution in [-0.2, 0) is 16.1 Å². The Morgan fingerprint density at radius 1 is 1.15 bits per heavy atom. The highest BCUT2D eigenvalue weighted by Gasteiger charge is 2.18. The van der Waals surface area contributed by atoms with E-state index in [0.717, 1.165) is 25.4 Å². The molecule has 1 aromatic heterocycles. The first kappa shape index (κ1) is 19.8. The third-order valence-electron chi connectivity index (χ3n) is 5.30. The number of rotatable bonds is 7. The van der Waals surface area contributed by atoms with Crippen LogP contribution in [0.5, 0.6) is 0 Å². The third-order valence-corrected chi connectivity index (χ3v) is 5.30. The first-order valence-electron chi connectivity index (χ1n) is 10.1. The summed E-state index contributed by atoms with van der Waals surface area (Å²) < 4.78 is 5.40. The Bertz CT molecular complexity index is 612. The van der Waals surface area contributed by atoms with E-state index in [-0.39, 0.29) is 5.91 Å². The Morgan fingerprint density at radius 3 is 2.59 bits per heavy atom. The van der Waals surface area contributed by atoms with E-state index in [0.29, 0.717) is 43.9 Å². The number of nitrogens with one attached hydrogen (secondary N) is 1. The molecule has 1 saturated heterocycles. The average molecular weight is 377 g/mol. The summed E-state index contributed by atoms with van der Waals surface area (Å²) in [5.41, 5.74) is 0. The second-order valence-electron chi connectivity index (χ2n) is 7.66. The Kier molecular flexibility index (Phi) is 7.20. The molecule has 1 aromatic rings. The van der Waals surface area contributed by atoms with Crippen molar-refractivity contribution in [3.63, 3.8) is 0 Å². The SMILES string of the molecule is CN(C)c1nc(CNC(=O)CCC2CCCCC2)nc(N2CCOCC2)n1. The number of morpholine rings is 1. The zero-order valence-electron chi connectivity index (χ0n) is 16.6. The van der Waals surface area contributed by atoms with Gasteiger partial charge in [-0.2, -0.15) is 15.0 Å². The molecule has 0 atom stereocenters. The van der Waals surface area contributed by atoms with Gasteiger partial charge in [0.1, 0.15) is 0 Å². The highest BCUT2D eigenvalue weighted by Crippen LogP contribution is 2.27. The molecule has 0 radical (unpaired) electrons. The maximum atomic E-state index is 12.2. The molecule has 3 rings (SSSR count). The zero-order chi connectivity index (χ0) is 19.1. The molecule has 1 saturated carbocycles. The van der Waals surface area contributed by atoms with Crippen LogP contribution in [0.3, 0.4) is 0 Å². The topological polar surface area (TPSA) is 83.5 Å². The normalized spacial score (nSPS) is 18.4. The van der Waals surface area contributed by atoms with Crippen molar-refractivity contribution in [1.82, 2.24) is 20.3 Å². The van der Waals surface area contributed by atoms with Gasteiger partial charge in [-0.3, -0.25) is 4.79 Å². The van der Waals surface area contributed by atoms with Crippen LogP contribution < -0.4 is 15.1 Å². The molecule has 8 heteroatoms. The van der Waals surface area contributed by atoms with Gasteiger partial charge < -0.3 is 19.9 Å². The Balaban J connectivity index is 1.56. The summed E-state index contributed by atoms with van der Waals surface area (Å²) in [4.78, 5) is 29.8. The van der Waals surface area contributed by atoms with Gasteiger partial charge in [-0.25, -0.2) is 0 Å². The van der Waals surface area contributed by atoms with Crippen LogP contribution in [-0.4, -0.2) is 61.3 Å². The Labute approximate surface area is 161 Å². The zero-order valence-corrected chi connectivity index (χ0v) is 16.6. The number of carbonyl (C=O) groups excluding carboxylic acids is 1. The molecule has 0 unspecified atom stereocenters. The van der Waals surface area contributed by atoms with Crippen molar-refractivity contribution in [3.05, 3.63) is 5.82 Å². The van der Waals surface area contributed by atoms with Crippen LogP contribution in [0, 0.1) is 5.92 Å². The molecule has 150 valence electrons. The number of aromatic nitrogens is 3. The minimum absolute atomic E-state index is 0.0836. The van der Waals surface area contributed by atoms with Gasteiger partial charge in [-0.1, -0.05) is 32.1 Å². The molecule has 1 aliphatic carbocycles. The van der Waals surface area contributed by atoms with Crippen LogP contribution in [0.4, 0.5) is 11.9 Å². The summed E-state index contributed by atoms with van der Waals surface area (Å²) in [5.74, 6) is 2.66. The second kappa shape index (κ2) is 9.82. The van der Waals surface area contributed by atoms with Crippen molar-refractivity contribution in [2.45, 2.75) is 51.5 Å². The summed E-state index contributed by atoms with van der Waals surface area (Å²) in [6.45, 7) is 3.23. The lowest BCUT2D eigenvalue weighted by Gasteiger charge is -2.27. The van der Waals surface area contributed by atoms with Gasteiger partial charge in [0.05, 0.1) is 19.8 Å². The molecule has 0 aromatic carbocycles. The smallest absolute Gasteiger partial charge is 0.230 e. The van der Waals surface area contributed by atoms with Gasteiger partial charge in [0.25, 0.3) is 0 Å². The quantitative estimate of drug-likeness (QED) is 0.776. The molecule has 1 amide bonds. The number of hydrogen-bond donors (Lipinski definition) is 1. The van der Waals surface area contributed by atoms with E-state index in [9.17, 15) is 4.79 Å². The molecule has 0 spiro atoms. The maximum absolute atomic E-state index is 12.2. The van der Waals surface area contributed by atoms with Gasteiger partial charge in [0, 0.05) is 33.6 Å². The van der Waals surface area contributed by atoms with Crippen molar-refractivity contribution in [2.24, 2.45) is 5.92 Å². The molecule has 2 heterocycles. The van der Waals surface area contributed by atoms with Gasteiger partial charge in [-0.15, -0.1) is 0 Å². The number of ether oxygens (including phenoxy) is 1. The molecule has 2 fully saturated rings. The summed E-state index contributed by atoms with van der Waals surface area (Å²) in [7, 11) is 3.82. The second-order valence-corrected chi connectivity index (χ2v) is 7.66. The summed E-state index contributed by atoms with van der Waals surface area (Å²) in [5, 5.41) is 2.98. The van der Waals surface area contributed by atoms with E-state index in [1.54, 1.807) is 0 Å². The van der Waals surface area contributed by atoms with E-state index in [1.807, 2.05) is 19.0 Å². The van der Waals surface area contributed by atoms with E-state index in [4.69, 9.17) is 4.74 Å². The minimum Gasteiger partial charge on any atom is -0.378 e. The minimum atomic E-state index is 0.0836. The van der Waals surface area contributed by atoms with E-state index in [1.165, 1.54) is 32.1 Å². The highest BCUT2D eigenvalue weighted by atomic mass is 16.5. The Hall–Kier alpha value is -1.96. The monoisotopic (exact) mass is 376 g/mol. The fourth-order valence-corrected chi connectivity index (χ4v) is 3.66. The summed E-state index contributed by atoms with van der Waals surface area (Å²) in [6.07, 6.45) is 8.11. The first-order valence-corrected chi connectivity index (χ1v) is 10.1. The van der Waals surface area contributed by atoms with Crippen LogP contribution in [0.15, 0.2) is 0 Å². The number of carbonyl (C=O) groups is 1. The van der Waals surface area contributed by atoms with Crippen molar-refractivity contribution >= 4 is 17.8 Å². The predicted octanol–water partition coefficient (Wildman–Crippen LogP) is 1.75. The number of hydrogen-bond acceptors (Lipinski definition) is 7. The standard InChI is InChI=1S/C19H32N6O2/c1-24(2)18-21-16(22-19(23-18)25-10-12-27-13-11-25)14-20-17(26)9-8-15-6-4-3-5-7-15/h15H,3-14H2,1-2H3,(H,20,26). The van der Waals surface area contributed by atoms with Gasteiger partial charge >= 0.3 is 0 Å². The Morgan fingerprint density at radius 2 is 1.89 bits per heavy atom. The van der Waals surface area contributed by atoms with Crippen LogP contribution in [0.1, 0.15) is 50.8 Å². The van der Waals surface area contributed by atoms with Crippen molar-refractivity contribution in [3.8, 4) is 0 Å². The third kappa shape index (κ3) is 6.02. The molecular weight excluding hydrogens is 344 g/mol. The molecule has 1 N–H and O–H groups in total. The van der Waals surface area contributed by atoms with Crippen molar-refractivity contribution < 1.29 is 9.53 Å². The number of anilines is 2. The predicted molar refractivity (Wildman–Crippen MR) is 105 cm³/mol. The lowest BCUT2D eigenvalue weighted by Crippen LogP contribution is -2.38. The average Bonchev–Trinajstić information content (AvgIpc) is 2.72. The van der Waals surface area contributed by atoms with Crippen LogP contribution in [0.25, 0.3) is 0 Å². The molecule has 0 bridgehead atoms. The lowest BCUT2D eigenvalue weighted by molar-refractivity contribution is -0.121. The first-order chi connectivity index (χ1) is 13.1. The largest absolute Gasteiger partial charge is 0.378 e. The van der Waals surface area contributed by atoms with Crippen LogP contribution >= 0.6 is 0 Å². The molecular formula is C19H32N6O2. The molecule has 2 aliphatic rings. The van der Waals surface area contributed by atoms with Gasteiger partial charge in [0.15, 0.2) is 5.82 Å². The van der Waals surface area contributed by atoms with E-state index >= 15 is 0 Å². The summed E-state index contributed by atoms with van der Waals surface area (Å²) >= 11 is 0. The van der Waals surface area contributed by atoms with E-state index in [2.05, 4.69) is 25.2 Å². The maximum Gasteiger partial charge on any atom is 0.230 e. The van der Waals surface area contributed by atoms with Crippen LogP contribution in [0.2, 0.25) is 0 Å². The summed E-state index contributed by atoms with van der Waals surface area (Å²) in [6, 6.07) is 0. The van der Waals surface area contributed by atoms with Crippen molar-refractivity contribution in [2.75, 3.05) is 50.2 Å². The number of amides is 1. The fraction of sp³-hybridized carbons (Fsp3) is 0.789. The van der Waals surface area contributed by atoms with Gasteiger partial charge in [-0.05, 0) is 12.3 Å². The highest BCUT2D eigenvalue weighted by molar-refractivity contribution is 5.75. The molecule has 27 heavy (non-hydrogen) atoms.